The smallest absolute Gasteiger partial charge is 0.339 e. The highest BCUT2D eigenvalue weighted by Crippen LogP contribution is 2.25. The molecule has 0 spiro atoms. The fourth-order valence-corrected chi connectivity index (χ4v) is 3.00. The van der Waals surface area contributed by atoms with Crippen LogP contribution in [0.3, 0.4) is 0 Å². The molecule has 0 amide bonds. The standard InChI is InChI=1S/C15H13ClO4S/c1-2-14(17)13-8-3-4-9-15(13)20-21(18,19)12-7-5-6-11(16)10-12/h3-10H,2H2,1H3. The third-order valence-electron chi connectivity index (χ3n) is 2.79. The summed E-state index contributed by atoms with van der Waals surface area (Å²) in [4.78, 5) is 11.8. The summed E-state index contributed by atoms with van der Waals surface area (Å²) >= 11 is 5.78. The van der Waals surface area contributed by atoms with E-state index in [1.165, 1.54) is 30.3 Å². The Morgan fingerprint density at radius 2 is 1.86 bits per heavy atom. The molecule has 0 aliphatic carbocycles. The van der Waals surface area contributed by atoms with Crippen molar-refractivity contribution in [2.45, 2.75) is 18.2 Å². The van der Waals surface area contributed by atoms with Gasteiger partial charge in [0.15, 0.2) is 11.5 Å². The molecule has 0 bridgehead atoms. The Labute approximate surface area is 128 Å². The maximum atomic E-state index is 12.2. The maximum Gasteiger partial charge on any atom is 0.339 e. The van der Waals surface area contributed by atoms with Gasteiger partial charge in [0.1, 0.15) is 4.90 Å². The Morgan fingerprint density at radius 3 is 2.52 bits per heavy atom. The van der Waals surface area contributed by atoms with Crippen LogP contribution in [0.25, 0.3) is 0 Å². The van der Waals surface area contributed by atoms with Crippen molar-refractivity contribution in [2.24, 2.45) is 0 Å². The third kappa shape index (κ3) is 3.62. The van der Waals surface area contributed by atoms with Gasteiger partial charge < -0.3 is 4.18 Å². The average Bonchev–Trinajstić information content (AvgIpc) is 2.46. The Morgan fingerprint density at radius 1 is 1.14 bits per heavy atom. The molecule has 4 nitrogen and oxygen atoms in total. The summed E-state index contributed by atoms with van der Waals surface area (Å²) in [5.41, 5.74) is 0.241. The van der Waals surface area contributed by atoms with Gasteiger partial charge >= 0.3 is 10.1 Å². The number of hydrogen-bond donors (Lipinski definition) is 0. The van der Waals surface area contributed by atoms with Gasteiger partial charge in [-0.25, -0.2) is 0 Å². The van der Waals surface area contributed by atoms with E-state index in [9.17, 15) is 13.2 Å². The van der Waals surface area contributed by atoms with Crippen LogP contribution in [-0.2, 0) is 10.1 Å². The number of ketones is 1. The molecule has 0 aliphatic rings. The molecule has 0 heterocycles. The normalized spacial score (nSPS) is 11.1. The number of hydrogen-bond acceptors (Lipinski definition) is 4. The fraction of sp³-hybridized carbons (Fsp3) is 0.133. The summed E-state index contributed by atoms with van der Waals surface area (Å²) in [5, 5.41) is 0.289. The molecule has 2 aromatic rings. The second-order valence-corrected chi connectivity index (χ2v) is 6.25. The highest BCUT2D eigenvalue weighted by Gasteiger charge is 2.20. The average molecular weight is 325 g/mol. The number of carbonyl (C=O) groups excluding carboxylic acids is 1. The van der Waals surface area contributed by atoms with Gasteiger partial charge in [-0.1, -0.05) is 36.7 Å². The van der Waals surface area contributed by atoms with E-state index in [4.69, 9.17) is 15.8 Å². The molecule has 0 aliphatic heterocycles. The van der Waals surface area contributed by atoms with E-state index in [1.54, 1.807) is 25.1 Å². The third-order valence-corrected chi connectivity index (χ3v) is 4.26. The SMILES string of the molecule is CCC(=O)c1ccccc1OS(=O)(=O)c1cccc(Cl)c1. The van der Waals surface area contributed by atoms with Crippen LogP contribution in [0.2, 0.25) is 5.02 Å². The van der Waals surface area contributed by atoms with Crippen molar-refractivity contribution in [3.8, 4) is 5.75 Å². The minimum atomic E-state index is -4.04. The van der Waals surface area contributed by atoms with Crippen LogP contribution in [-0.4, -0.2) is 14.2 Å². The van der Waals surface area contributed by atoms with E-state index >= 15 is 0 Å². The number of halogens is 1. The number of Topliss-reactive ketones (excluding diaryl/α,β-unsaturated/α-hetero) is 1. The van der Waals surface area contributed by atoms with Crippen molar-refractivity contribution in [1.82, 2.24) is 0 Å². The Kier molecular flexibility index (Phi) is 4.65. The van der Waals surface area contributed by atoms with E-state index in [1.807, 2.05) is 0 Å². The minimum Gasteiger partial charge on any atom is -0.378 e. The van der Waals surface area contributed by atoms with E-state index in [-0.39, 0.29) is 33.4 Å². The first kappa shape index (κ1) is 15.5. The lowest BCUT2D eigenvalue weighted by Crippen LogP contribution is -2.12. The van der Waals surface area contributed by atoms with Crippen LogP contribution in [0.5, 0.6) is 5.75 Å². The highest BCUT2D eigenvalue weighted by atomic mass is 35.5. The molecule has 110 valence electrons. The fourth-order valence-electron chi connectivity index (χ4n) is 1.75. The van der Waals surface area contributed by atoms with E-state index < -0.39 is 10.1 Å². The van der Waals surface area contributed by atoms with Crippen LogP contribution in [0, 0.1) is 0 Å². The van der Waals surface area contributed by atoms with Crippen molar-refractivity contribution in [2.75, 3.05) is 0 Å². The predicted octanol–water partition coefficient (Wildman–Crippen LogP) is 3.70. The molecule has 0 unspecified atom stereocenters. The lowest BCUT2D eigenvalue weighted by molar-refractivity contribution is 0.0986. The number of rotatable bonds is 5. The summed E-state index contributed by atoms with van der Waals surface area (Å²) in [5.74, 6) is -0.170. The first-order chi connectivity index (χ1) is 9.94. The number of carbonyl (C=O) groups is 1. The molecule has 0 fully saturated rings. The Bertz CT molecular complexity index is 769. The molecule has 0 saturated heterocycles. The molecule has 2 aromatic carbocycles. The second-order valence-electron chi connectivity index (χ2n) is 4.27. The van der Waals surface area contributed by atoms with Gasteiger partial charge in [-0.15, -0.1) is 0 Å². The topological polar surface area (TPSA) is 60.4 Å². The molecule has 21 heavy (non-hydrogen) atoms. The van der Waals surface area contributed by atoms with Crippen molar-refractivity contribution in [3.63, 3.8) is 0 Å². The van der Waals surface area contributed by atoms with Gasteiger partial charge in [0, 0.05) is 11.4 Å². The lowest BCUT2D eigenvalue weighted by Gasteiger charge is -2.10. The van der Waals surface area contributed by atoms with Gasteiger partial charge in [-0.2, -0.15) is 8.42 Å². The first-order valence-electron chi connectivity index (χ1n) is 6.26. The summed E-state index contributed by atoms with van der Waals surface area (Å²) in [6.07, 6.45) is 0.261. The first-order valence-corrected chi connectivity index (χ1v) is 8.05. The van der Waals surface area contributed by atoms with Gasteiger partial charge in [0.25, 0.3) is 0 Å². The molecule has 2 rings (SSSR count). The second kappa shape index (κ2) is 6.28. The predicted molar refractivity (Wildman–Crippen MR) is 80.3 cm³/mol. The molecule has 0 atom stereocenters. The maximum absolute atomic E-state index is 12.2. The van der Waals surface area contributed by atoms with Crippen LogP contribution < -0.4 is 4.18 Å². The molecular formula is C15H13ClO4S. The zero-order valence-corrected chi connectivity index (χ0v) is 12.8. The summed E-state index contributed by atoms with van der Waals surface area (Å²) in [7, 11) is -4.04. The van der Waals surface area contributed by atoms with E-state index in [0.29, 0.717) is 0 Å². The summed E-state index contributed by atoms with van der Waals surface area (Å²) in [6, 6.07) is 12.0. The summed E-state index contributed by atoms with van der Waals surface area (Å²) in [6.45, 7) is 1.70. The van der Waals surface area contributed by atoms with Crippen LogP contribution in [0.15, 0.2) is 53.4 Å². The molecule has 6 heteroatoms. The highest BCUT2D eigenvalue weighted by molar-refractivity contribution is 7.87. The van der Waals surface area contributed by atoms with E-state index in [2.05, 4.69) is 0 Å². The van der Waals surface area contributed by atoms with Crippen LogP contribution >= 0.6 is 11.6 Å². The molecule has 0 saturated carbocycles. The number of para-hydroxylation sites is 1. The molecule has 0 aromatic heterocycles. The monoisotopic (exact) mass is 324 g/mol. The zero-order valence-electron chi connectivity index (χ0n) is 11.2. The van der Waals surface area contributed by atoms with Crippen LogP contribution in [0.1, 0.15) is 23.7 Å². The van der Waals surface area contributed by atoms with Crippen molar-refractivity contribution in [1.29, 1.82) is 0 Å². The molecule has 0 radical (unpaired) electrons. The number of benzene rings is 2. The minimum absolute atomic E-state index is 0.0179. The van der Waals surface area contributed by atoms with Gasteiger partial charge in [-0.05, 0) is 30.3 Å². The lowest BCUT2D eigenvalue weighted by atomic mass is 10.1. The van der Waals surface area contributed by atoms with Gasteiger partial charge in [0.2, 0.25) is 0 Å². The zero-order chi connectivity index (χ0) is 15.5. The quantitative estimate of drug-likeness (QED) is 0.621. The van der Waals surface area contributed by atoms with E-state index in [0.717, 1.165) is 0 Å². The Hall–Kier alpha value is -1.85. The van der Waals surface area contributed by atoms with Crippen LogP contribution in [0.4, 0.5) is 0 Å². The van der Waals surface area contributed by atoms with Crippen molar-refractivity contribution < 1.29 is 17.4 Å². The Balaban J connectivity index is 2.40. The van der Waals surface area contributed by atoms with Gasteiger partial charge in [-0.3, -0.25) is 4.79 Å². The summed E-state index contributed by atoms with van der Waals surface area (Å²) < 4.78 is 29.5. The molecule has 0 N–H and O–H groups in total. The van der Waals surface area contributed by atoms with Crippen molar-refractivity contribution >= 4 is 27.5 Å². The molecular weight excluding hydrogens is 312 g/mol. The van der Waals surface area contributed by atoms with Gasteiger partial charge in [0.05, 0.1) is 5.56 Å². The largest absolute Gasteiger partial charge is 0.378 e. The van der Waals surface area contributed by atoms with Crippen molar-refractivity contribution in [3.05, 3.63) is 59.1 Å².